The Morgan fingerprint density at radius 3 is 2.34 bits per heavy atom. The van der Waals surface area contributed by atoms with Crippen molar-refractivity contribution in [2.75, 3.05) is 0 Å². The maximum Gasteiger partial charge on any atom is 0.336 e. The summed E-state index contributed by atoms with van der Waals surface area (Å²) in [5, 5.41) is 9.10. The van der Waals surface area contributed by atoms with E-state index in [0.717, 1.165) is 27.4 Å². The number of carboxylic acid groups (broad SMARTS) is 1. The van der Waals surface area contributed by atoms with Gasteiger partial charge in [0.1, 0.15) is 17.5 Å². The van der Waals surface area contributed by atoms with Crippen LogP contribution >= 0.6 is 67.8 Å². The minimum atomic E-state index is -1.04. The van der Waals surface area contributed by atoms with Crippen LogP contribution in [0.2, 0.25) is 0 Å². The predicted octanol–water partition coefficient (Wildman–Crippen LogP) is 9.68. The fraction of sp³-hybridized carbons (Fsp3) is 0.314. The van der Waals surface area contributed by atoms with E-state index in [0.29, 0.717) is 17.2 Å². The third kappa shape index (κ3) is 10.8. The molecule has 1 unspecified atom stereocenters. The summed E-state index contributed by atoms with van der Waals surface area (Å²) in [7, 11) is 0. The highest BCUT2D eigenvalue weighted by Crippen LogP contribution is 2.41. The van der Waals surface area contributed by atoms with Gasteiger partial charge in [0.15, 0.2) is 5.75 Å². The van der Waals surface area contributed by atoms with Crippen molar-refractivity contribution in [2.45, 2.75) is 66.3 Å². The van der Waals surface area contributed by atoms with Crippen LogP contribution in [0.15, 0.2) is 89.1 Å². The SMILES string of the molecule is CC1=C(/C=C/C(C)=C/C=C/C(C)=C/C(=O)Oc2ccc(Oc3c(I)cc(CC(N)C(=O)O)cc3I)cc2I)C(C)(C)CCC1. The molecule has 0 radical (unpaired) electrons. The topological polar surface area (TPSA) is 98.9 Å². The minimum Gasteiger partial charge on any atom is -0.480 e. The molecule has 2 aromatic rings. The third-order valence-electron chi connectivity index (χ3n) is 7.28. The molecule has 0 aromatic heterocycles. The van der Waals surface area contributed by atoms with Crippen LogP contribution < -0.4 is 15.2 Å². The van der Waals surface area contributed by atoms with Gasteiger partial charge < -0.3 is 20.3 Å². The number of carbonyl (C=O) groups is 2. The monoisotopic (exact) mass is 933 g/mol. The lowest BCUT2D eigenvalue weighted by Gasteiger charge is -2.32. The zero-order valence-corrected chi connectivity index (χ0v) is 32.0. The van der Waals surface area contributed by atoms with Gasteiger partial charge in [0.25, 0.3) is 0 Å². The van der Waals surface area contributed by atoms with Crippen molar-refractivity contribution < 1.29 is 24.2 Å². The Labute approximate surface area is 301 Å². The molecule has 0 spiro atoms. The van der Waals surface area contributed by atoms with E-state index in [1.165, 1.54) is 36.5 Å². The van der Waals surface area contributed by atoms with Crippen LogP contribution in [0, 0.1) is 16.1 Å². The highest BCUT2D eigenvalue weighted by atomic mass is 127. The molecular weight excluding hydrogens is 895 g/mol. The highest BCUT2D eigenvalue weighted by molar-refractivity contribution is 14.1. The first kappa shape index (κ1) is 36.5. The number of ether oxygens (including phenoxy) is 2. The Balaban J connectivity index is 1.61. The first-order valence-corrected chi connectivity index (χ1v) is 17.5. The van der Waals surface area contributed by atoms with Crippen LogP contribution in [0.25, 0.3) is 0 Å². The minimum absolute atomic E-state index is 0.213. The summed E-state index contributed by atoms with van der Waals surface area (Å²) in [5.74, 6) is 0.194. The number of carboxylic acids is 1. The van der Waals surface area contributed by atoms with Crippen molar-refractivity contribution in [3.8, 4) is 17.2 Å². The Bertz CT molecular complexity index is 1540. The maximum absolute atomic E-state index is 12.6. The number of allylic oxidation sites excluding steroid dienone is 9. The molecule has 234 valence electrons. The van der Waals surface area contributed by atoms with Gasteiger partial charge in [-0.3, -0.25) is 4.79 Å². The summed E-state index contributed by atoms with van der Waals surface area (Å²) in [4.78, 5) is 23.7. The average molecular weight is 933 g/mol. The number of carbonyl (C=O) groups excluding carboxylic acids is 1. The van der Waals surface area contributed by atoms with Crippen LogP contribution in [0.5, 0.6) is 17.2 Å². The molecule has 1 aliphatic carbocycles. The van der Waals surface area contributed by atoms with Crippen molar-refractivity contribution >= 4 is 79.7 Å². The summed E-state index contributed by atoms with van der Waals surface area (Å²) in [6.07, 6.45) is 15.6. The number of nitrogens with two attached hydrogens (primary N) is 1. The molecular formula is C35H38I3NO5. The van der Waals surface area contributed by atoms with E-state index in [-0.39, 0.29) is 11.8 Å². The zero-order valence-electron chi connectivity index (χ0n) is 25.5. The van der Waals surface area contributed by atoms with E-state index < -0.39 is 18.0 Å². The number of benzene rings is 2. The molecule has 0 aliphatic heterocycles. The van der Waals surface area contributed by atoms with Gasteiger partial charge in [0.2, 0.25) is 0 Å². The van der Waals surface area contributed by atoms with Gasteiger partial charge in [0, 0.05) is 6.08 Å². The molecule has 0 amide bonds. The van der Waals surface area contributed by atoms with Crippen molar-refractivity contribution in [1.29, 1.82) is 0 Å². The molecule has 0 saturated heterocycles. The summed E-state index contributed by atoms with van der Waals surface area (Å²) < 4.78 is 14.1. The average Bonchev–Trinajstić information content (AvgIpc) is 2.91. The molecule has 9 heteroatoms. The molecule has 1 atom stereocenters. The van der Waals surface area contributed by atoms with Crippen LogP contribution in [0.1, 0.15) is 59.4 Å². The molecule has 3 N–H and O–H groups in total. The summed E-state index contributed by atoms with van der Waals surface area (Å²) in [6.45, 7) is 10.8. The second-order valence-corrected chi connectivity index (χ2v) is 15.1. The fourth-order valence-electron chi connectivity index (χ4n) is 4.92. The first-order chi connectivity index (χ1) is 20.7. The van der Waals surface area contributed by atoms with Gasteiger partial charge in [0.05, 0.1) is 10.7 Å². The van der Waals surface area contributed by atoms with Gasteiger partial charge in [-0.05, 0) is 167 Å². The standard InChI is InChI=1S/C35H38I3NO5/c1-21(11-13-26-23(3)10-7-15-35(26,4)5)8-6-9-22(2)16-32(40)44-31-14-12-25(20-27(31)36)43-33-28(37)17-24(18-29(33)38)19-30(39)34(41)42/h6,8-9,11-14,16-18,20,30H,7,10,15,19,39H2,1-5H3,(H,41,42)/b9-6+,13-11+,21-8+,22-16+. The van der Waals surface area contributed by atoms with Crippen LogP contribution in [-0.4, -0.2) is 23.1 Å². The quantitative estimate of drug-likeness (QED) is 0.0766. The lowest BCUT2D eigenvalue weighted by molar-refractivity contribution is -0.138. The number of hydrogen-bond donors (Lipinski definition) is 2. The van der Waals surface area contributed by atoms with Crippen LogP contribution in [0.3, 0.4) is 0 Å². The Morgan fingerprint density at radius 1 is 1.05 bits per heavy atom. The molecule has 44 heavy (non-hydrogen) atoms. The summed E-state index contributed by atoms with van der Waals surface area (Å²) in [5.41, 5.74) is 11.6. The number of hydrogen-bond acceptors (Lipinski definition) is 5. The van der Waals surface area contributed by atoms with E-state index in [1.54, 1.807) is 18.2 Å². The van der Waals surface area contributed by atoms with Crippen molar-refractivity contribution in [3.63, 3.8) is 0 Å². The van der Waals surface area contributed by atoms with Gasteiger partial charge in [-0.15, -0.1) is 0 Å². The Morgan fingerprint density at radius 2 is 1.73 bits per heavy atom. The summed E-state index contributed by atoms with van der Waals surface area (Å²) in [6, 6.07) is 8.03. The first-order valence-electron chi connectivity index (χ1n) is 14.2. The van der Waals surface area contributed by atoms with E-state index in [9.17, 15) is 9.59 Å². The van der Waals surface area contributed by atoms with E-state index in [2.05, 4.69) is 108 Å². The van der Waals surface area contributed by atoms with Gasteiger partial charge in [-0.2, -0.15) is 0 Å². The Hall–Kier alpha value is -1.97. The molecule has 0 heterocycles. The fourth-order valence-corrected chi connectivity index (χ4v) is 7.63. The zero-order chi connectivity index (χ0) is 32.6. The number of aliphatic carboxylic acids is 1. The van der Waals surface area contributed by atoms with E-state index in [1.807, 2.05) is 37.3 Å². The lowest BCUT2D eigenvalue weighted by Crippen LogP contribution is -2.32. The van der Waals surface area contributed by atoms with E-state index >= 15 is 0 Å². The molecule has 1 aliphatic rings. The molecule has 0 bridgehead atoms. The largest absolute Gasteiger partial charge is 0.480 e. The van der Waals surface area contributed by atoms with E-state index in [4.69, 9.17) is 20.3 Å². The number of rotatable bonds is 11. The summed E-state index contributed by atoms with van der Waals surface area (Å²) >= 11 is 6.44. The lowest BCUT2D eigenvalue weighted by atomic mass is 9.72. The molecule has 3 rings (SSSR count). The van der Waals surface area contributed by atoms with Gasteiger partial charge in [-0.1, -0.05) is 55.4 Å². The number of esters is 1. The second-order valence-electron chi connectivity index (χ2n) is 11.6. The molecule has 2 aromatic carbocycles. The third-order valence-corrected chi connectivity index (χ3v) is 9.73. The second kappa shape index (κ2) is 16.5. The normalized spacial score (nSPS) is 16.5. The number of halogens is 3. The highest BCUT2D eigenvalue weighted by Gasteiger charge is 2.26. The van der Waals surface area contributed by atoms with Crippen LogP contribution in [0.4, 0.5) is 0 Å². The predicted molar refractivity (Wildman–Crippen MR) is 202 cm³/mol. The molecule has 0 fully saturated rings. The van der Waals surface area contributed by atoms with Gasteiger partial charge >= 0.3 is 11.9 Å². The maximum atomic E-state index is 12.6. The molecule has 0 saturated carbocycles. The molecule has 6 nitrogen and oxygen atoms in total. The smallest absolute Gasteiger partial charge is 0.336 e. The van der Waals surface area contributed by atoms with Crippen molar-refractivity contribution in [3.05, 3.63) is 105 Å². The van der Waals surface area contributed by atoms with Gasteiger partial charge in [-0.25, -0.2) is 4.79 Å². The van der Waals surface area contributed by atoms with Crippen molar-refractivity contribution in [1.82, 2.24) is 0 Å². The van der Waals surface area contributed by atoms with Crippen molar-refractivity contribution in [2.24, 2.45) is 11.1 Å². The van der Waals surface area contributed by atoms with Crippen LogP contribution in [-0.2, 0) is 16.0 Å². The Kier molecular flexibility index (Phi) is 13.7.